The van der Waals surface area contributed by atoms with Crippen LogP contribution in [0.3, 0.4) is 0 Å². The molecule has 0 aliphatic carbocycles. The summed E-state index contributed by atoms with van der Waals surface area (Å²) in [5, 5.41) is 11.7. The van der Waals surface area contributed by atoms with Gasteiger partial charge in [-0.1, -0.05) is 42.5 Å². The van der Waals surface area contributed by atoms with Crippen LogP contribution in [0.25, 0.3) is 16.9 Å². The second-order valence-electron chi connectivity index (χ2n) is 4.92. The highest BCUT2D eigenvalue weighted by molar-refractivity contribution is 7.98. The Labute approximate surface area is 130 Å². The average Bonchev–Trinajstić information content (AvgIpc) is 2.96. The number of hydrogen-bond acceptors (Lipinski definition) is 4. The fraction of sp³-hybridized carbons (Fsp3) is 0.0625. The fourth-order valence-electron chi connectivity index (χ4n) is 2.67. The lowest BCUT2D eigenvalue weighted by molar-refractivity contribution is -0.390. The molecule has 3 aromatic rings. The van der Waals surface area contributed by atoms with Crippen LogP contribution in [0.15, 0.2) is 59.5 Å². The van der Waals surface area contributed by atoms with E-state index in [2.05, 4.69) is 4.98 Å². The molecule has 0 bridgehead atoms. The van der Waals surface area contributed by atoms with E-state index in [0.29, 0.717) is 17.3 Å². The van der Waals surface area contributed by atoms with Gasteiger partial charge in [-0.25, -0.2) is 4.98 Å². The minimum atomic E-state index is -0.342. The second kappa shape index (κ2) is 4.99. The van der Waals surface area contributed by atoms with Gasteiger partial charge < -0.3 is 10.1 Å². The Kier molecular flexibility index (Phi) is 2.97. The van der Waals surface area contributed by atoms with Gasteiger partial charge in [0, 0.05) is 5.56 Å². The van der Waals surface area contributed by atoms with Gasteiger partial charge >= 0.3 is 5.82 Å². The van der Waals surface area contributed by atoms with Gasteiger partial charge in [0.05, 0.1) is 10.6 Å². The van der Waals surface area contributed by atoms with Crippen LogP contribution in [-0.2, 0) is 5.75 Å². The van der Waals surface area contributed by atoms with E-state index in [1.807, 2.05) is 54.6 Å². The Morgan fingerprint density at radius 3 is 2.59 bits per heavy atom. The van der Waals surface area contributed by atoms with Crippen LogP contribution in [0, 0.1) is 10.1 Å². The second-order valence-corrected chi connectivity index (χ2v) is 5.93. The van der Waals surface area contributed by atoms with Gasteiger partial charge in [-0.05, 0) is 17.1 Å². The number of aromatic nitrogens is 2. The molecule has 0 N–H and O–H groups in total. The van der Waals surface area contributed by atoms with Crippen molar-refractivity contribution >= 4 is 17.6 Å². The molecule has 1 aliphatic heterocycles. The predicted molar refractivity (Wildman–Crippen MR) is 85.2 cm³/mol. The number of imidazole rings is 1. The normalized spacial score (nSPS) is 12.5. The smallest absolute Gasteiger partial charge is 0.356 e. The van der Waals surface area contributed by atoms with Crippen LogP contribution in [0.5, 0.6) is 0 Å². The SMILES string of the molecule is O=[N+]([O-])c1c(-c2ccccc2)nc2n1-c1ccccc1SC2. The van der Waals surface area contributed by atoms with Crippen molar-refractivity contribution in [2.24, 2.45) is 0 Å². The summed E-state index contributed by atoms with van der Waals surface area (Å²) in [6.07, 6.45) is 0. The zero-order chi connectivity index (χ0) is 15.1. The van der Waals surface area contributed by atoms with Crippen molar-refractivity contribution in [1.82, 2.24) is 9.55 Å². The first-order valence-electron chi connectivity index (χ1n) is 6.79. The van der Waals surface area contributed by atoms with Crippen molar-refractivity contribution in [2.45, 2.75) is 10.6 Å². The number of benzene rings is 2. The summed E-state index contributed by atoms with van der Waals surface area (Å²) in [4.78, 5) is 16.9. The molecule has 0 unspecified atom stereocenters. The lowest BCUT2D eigenvalue weighted by Crippen LogP contribution is -2.09. The molecule has 6 heteroatoms. The Bertz CT molecular complexity index is 874. The summed E-state index contributed by atoms with van der Waals surface area (Å²) in [7, 11) is 0. The van der Waals surface area contributed by atoms with Gasteiger partial charge in [0.1, 0.15) is 5.69 Å². The molecule has 0 amide bonds. The van der Waals surface area contributed by atoms with E-state index in [1.165, 1.54) is 0 Å². The molecule has 0 atom stereocenters. The van der Waals surface area contributed by atoms with Gasteiger partial charge in [-0.3, -0.25) is 0 Å². The van der Waals surface area contributed by atoms with Gasteiger partial charge in [0.2, 0.25) is 5.82 Å². The molecule has 22 heavy (non-hydrogen) atoms. The van der Waals surface area contributed by atoms with Crippen LogP contribution in [-0.4, -0.2) is 14.5 Å². The summed E-state index contributed by atoms with van der Waals surface area (Å²) in [6.45, 7) is 0. The van der Waals surface area contributed by atoms with E-state index < -0.39 is 0 Å². The number of fused-ring (bicyclic) bond motifs is 3. The Balaban J connectivity index is 2.02. The van der Waals surface area contributed by atoms with E-state index in [0.717, 1.165) is 16.1 Å². The summed E-state index contributed by atoms with van der Waals surface area (Å²) in [6, 6.07) is 17.0. The third kappa shape index (κ3) is 1.92. The summed E-state index contributed by atoms with van der Waals surface area (Å²) >= 11 is 1.65. The van der Waals surface area contributed by atoms with E-state index in [9.17, 15) is 10.1 Å². The maximum Gasteiger partial charge on any atom is 0.356 e. The van der Waals surface area contributed by atoms with Gasteiger partial charge in [0.25, 0.3) is 0 Å². The first-order chi connectivity index (χ1) is 10.8. The lowest BCUT2D eigenvalue weighted by atomic mass is 10.1. The summed E-state index contributed by atoms with van der Waals surface area (Å²) < 4.78 is 1.67. The number of rotatable bonds is 2. The van der Waals surface area contributed by atoms with Crippen molar-refractivity contribution in [3.63, 3.8) is 0 Å². The molecule has 0 radical (unpaired) electrons. The minimum Gasteiger partial charge on any atom is -0.358 e. The predicted octanol–water partition coefficient (Wildman–Crippen LogP) is 4.05. The van der Waals surface area contributed by atoms with Crippen LogP contribution in [0.2, 0.25) is 0 Å². The van der Waals surface area contributed by atoms with E-state index in [1.54, 1.807) is 16.3 Å². The van der Waals surface area contributed by atoms with E-state index in [-0.39, 0.29) is 10.7 Å². The highest BCUT2D eigenvalue weighted by Gasteiger charge is 2.33. The maximum absolute atomic E-state index is 11.7. The topological polar surface area (TPSA) is 61.0 Å². The number of thioether (sulfide) groups is 1. The Morgan fingerprint density at radius 1 is 1.09 bits per heavy atom. The molecular weight excluding hydrogens is 298 g/mol. The van der Waals surface area contributed by atoms with Crippen molar-refractivity contribution in [3.05, 3.63) is 70.5 Å². The van der Waals surface area contributed by atoms with Gasteiger partial charge in [0.15, 0.2) is 5.69 Å². The third-order valence-corrected chi connectivity index (χ3v) is 4.66. The zero-order valence-corrected chi connectivity index (χ0v) is 12.3. The van der Waals surface area contributed by atoms with E-state index >= 15 is 0 Å². The van der Waals surface area contributed by atoms with Crippen molar-refractivity contribution < 1.29 is 4.92 Å². The number of nitrogens with zero attached hydrogens (tertiary/aromatic N) is 3. The monoisotopic (exact) mass is 309 g/mol. The summed E-state index contributed by atoms with van der Waals surface area (Å²) in [5.41, 5.74) is 2.02. The van der Waals surface area contributed by atoms with Crippen LogP contribution in [0.1, 0.15) is 5.82 Å². The molecule has 1 aliphatic rings. The molecule has 1 aromatic heterocycles. The standard InChI is InChI=1S/C16H11N3O2S/c20-19(21)16-15(11-6-2-1-3-7-11)17-14-10-22-13-9-5-4-8-12(13)18(14)16/h1-9H,10H2. The first kappa shape index (κ1) is 13.1. The van der Waals surface area contributed by atoms with Gasteiger partial charge in [-0.15, -0.1) is 11.8 Å². The van der Waals surface area contributed by atoms with Crippen molar-refractivity contribution in [2.75, 3.05) is 0 Å². The molecule has 4 rings (SSSR count). The van der Waals surface area contributed by atoms with Crippen LogP contribution < -0.4 is 0 Å². The number of nitro groups is 1. The average molecular weight is 309 g/mol. The molecule has 5 nitrogen and oxygen atoms in total. The molecule has 2 heterocycles. The molecule has 2 aromatic carbocycles. The lowest BCUT2D eigenvalue weighted by Gasteiger charge is -2.13. The van der Waals surface area contributed by atoms with Crippen LogP contribution in [0.4, 0.5) is 5.82 Å². The Morgan fingerprint density at radius 2 is 1.82 bits per heavy atom. The molecular formula is C16H11N3O2S. The zero-order valence-electron chi connectivity index (χ0n) is 11.5. The maximum atomic E-state index is 11.7. The quantitative estimate of drug-likeness (QED) is 0.529. The van der Waals surface area contributed by atoms with Crippen molar-refractivity contribution in [1.29, 1.82) is 0 Å². The molecule has 0 spiro atoms. The number of para-hydroxylation sites is 1. The van der Waals surface area contributed by atoms with Crippen molar-refractivity contribution in [3.8, 4) is 16.9 Å². The highest BCUT2D eigenvalue weighted by atomic mass is 32.2. The first-order valence-corrected chi connectivity index (χ1v) is 7.78. The fourth-order valence-corrected chi connectivity index (χ4v) is 3.63. The van der Waals surface area contributed by atoms with Crippen LogP contribution >= 0.6 is 11.8 Å². The molecule has 0 saturated heterocycles. The Hall–Kier alpha value is -2.60. The number of hydrogen-bond donors (Lipinski definition) is 0. The third-order valence-electron chi connectivity index (χ3n) is 3.61. The molecule has 0 fully saturated rings. The minimum absolute atomic E-state index is 0.0361. The molecule has 0 saturated carbocycles. The highest BCUT2D eigenvalue weighted by Crippen LogP contribution is 2.41. The van der Waals surface area contributed by atoms with E-state index in [4.69, 9.17) is 0 Å². The largest absolute Gasteiger partial charge is 0.358 e. The molecule has 108 valence electrons. The summed E-state index contributed by atoms with van der Waals surface area (Å²) in [5.74, 6) is 1.38. The van der Waals surface area contributed by atoms with Gasteiger partial charge in [-0.2, -0.15) is 4.57 Å².